The van der Waals surface area contributed by atoms with E-state index in [9.17, 15) is 4.79 Å². The fraction of sp³-hybridized carbons (Fsp3) is 0.261. The summed E-state index contributed by atoms with van der Waals surface area (Å²) in [6, 6.07) is 15.8. The van der Waals surface area contributed by atoms with Crippen molar-refractivity contribution in [1.29, 1.82) is 0 Å². The zero-order valence-electron chi connectivity index (χ0n) is 18.2. The van der Waals surface area contributed by atoms with Crippen molar-refractivity contribution in [2.45, 2.75) is 19.5 Å². The quantitative estimate of drug-likeness (QED) is 0.489. The van der Waals surface area contributed by atoms with E-state index in [0.717, 1.165) is 5.56 Å². The molecule has 2 aromatic carbocycles. The van der Waals surface area contributed by atoms with Gasteiger partial charge < -0.3 is 20.1 Å². The molecule has 0 saturated heterocycles. The van der Waals surface area contributed by atoms with Crippen LogP contribution in [0.2, 0.25) is 5.02 Å². The van der Waals surface area contributed by atoms with Crippen LogP contribution in [0.15, 0.2) is 60.8 Å². The minimum Gasteiger partial charge on any atom is -0.497 e. The molecular formula is C23H26ClN5O3. The van der Waals surface area contributed by atoms with Gasteiger partial charge in [0.25, 0.3) is 0 Å². The summed E-state index contributed by atoms with van der Waals surface area (Å²) < 4.78 is 10.4. The summed E-state index contributed by atoms with van der Waals surface area (Å²) in [5.74, 6) is 1.50. The predicted octanol–water partition coefficient (Wildman–Crippen LogP) is 4.63. The van der Waals surface area contributed by atoms with Crippen LogP contribution in [-0.2, 0) is 11.3 Å². The summed E-state index contributed by atoms with van der Waals surface area (Å²) in [5.41, 5.74) is 1.52. The second-order valence-electron chi connectivity index (χ2n) is 7.06. The minimum absolute atomic E-state index is 0.00124. The zero-order chi connectivity index (χ0) is 22.9. The fourth-order valence-corrected chi connectivity index (χ4v) is 3.26. The molecule has 0 radical (unpaired) electrons. The van der Waals surface area contributed by atoms with E-state index in [1.165, 1.54) is 4.90 Å². The Labute approximate surface area is 192 Å². The van der Waals surface area contributed by atoms with E-state index in [4.69, 9.17) is 21.1 Å². The Morgan fingerprint density at radius 2 is 1.94 bits per heavy atom. The molecule has 3 rings (SSSR count). The molecule has 168 valence electrons. The molecule has 0 spiro atoms. The van der Waals surface area contributed by atoms with Crippen molar-refractivity contribution < 1.29 is 14.3 Å². The third-order valence-electron chi connectivity index (χ3n) is 4.53. The van der Waals surface area contributed by atoms with Crippen molar-refractivity contribution in [3.63, 3.8) is 0 Å². The van der Waals surface area contributed by atoms with Gasteiger partial charge in [0.05, 0.1) is 19.4 Å². The van der Waals surface area contributed by atoms with Gasteiger partial charge in [0.1, 0.15) is 11.6 Å². The first-order valence-corrected chi connectivity index (χ1v) is 10.4. The summed E-state index contributed by atoms with van der Waals surface area (Å²) >= 11 is 6.06. The lowest BCUT2D eigenvalue weighted by molar-refractivity contribution is 0.190. The fourth-order valence-electron chi connectivity index (χ4n) is 3.04. The maximum Gasteiger partial charge on any atom is 0.327 e. The van der Waals surface area contributed by atoms with Gasteiger partial charge in [-0.2, -0.15) is 4.98 Å². The van der Waals surface area contributed by atoms with Crippen molar-refractivity contribution >= 4 is 35.1 Å². The minimum atomic E-state index is -0.343. The maximum absolute atomic E-state index is 13.2. The molecule has 0 saturated carbocycles. The molecule has 3 aromatic rings. The summed E-state index contributed by atoms with van der Waals surface area (Å²) in [7, 11) is 3.22. The number of aromatic nitrogens is 2. The van der Waals surface area contributed by atoms with Crippen molar-refractivity contribution in [3.8, 4) is 5.75 Å². The number of nitrogens with zero attached hydrogens (tertiary/aromatic N) is 3. The van der Waals surface area contributed by atoms with Crippen LogP contribution >= 0.6 is 11.6 Å². The van der Waals surface area contributed by atoms with E-state index in [1.807, 2.05) is 25.1 Å². The highest BCUT2D eigenvalue weighted by atomic mass is 35.5. The highest BCUT2D eigenvalue weighted by Crippen LogP contribution is 2.26. The smallest absolute Gasteiger partial charge is 0.327 e. The molecule has 0 aliphatic heterocycles. The van der Waals surface area contributed by atoms with Crippen LogP contribution in [0.1, 0.15) is 12.5 Å². The zero-order valence-corrected chi connectivity index (χ0v) is 19.0. The summed E-state index contributed by atoms with van der Waals surface area (Å²) in [4.78, 5) is 23.5. The van der Waals surface area contributed by atoms with Crippen LogP contribution in [0.3, 0.4) is 0 Å². The Kier molecular flexibility index (Phi) is 8.24. The molecule has 2 amide bonds. The third kappa shape index (κ3) is 6.32. The van der Waals surface area contributed by atoms with Crippen molar-refractivity contribution in [2.24, 2.45) is 0 Å². The Morgan fingerprint density at radius 1 is 1.16 bits per heavy atom. The van der Waals surface area contributed by atoms with E-state index in [-0.39, 0.29) is 12.1 Å². The SMILES string of the molecule is COCC(C)Nc1nccc(N(C(=O)NCc2cccc(Cl)c2)c2ccc(OC)cc2)n1. The normalized spacial score (nSPS) is 11.5. The van der Waals surface area contributed by atoms with Crippen LogP contribution in [0.25, 0.3) is 0 Å². The molecule has 1 heterocycles. The average molecular weight is 456 g/mol. The molecule has 0 aliphatic rings. The van der Waals surface area contributed by atoms with E-state index >= 15 is 0 Å². The summed E-state index contributed by atoms with van der Waals surface area (Å²) in [6.45, 7) is 2.77. The van der Waals surface area contributed by atoms with Crippen molar-refractivity contribution in [2.75, 3.05) is 31.0 Å². The third-order valence-corrected chi connectivity index (χ3v) is 4.76. The highest BCUT2D eigenvalue weighted by molar-refractivity contribution is 6.30. The van der Waals surface area contributed by atoms with Gasteiger partial charge >= 0.3 is 6.03 Å². The van der Waals surface area contributed by atoms with E-state index < -0.39 is 0 Å². The first kappa shape index (κ1) is 23.3. The number of benzene rings is 2. The number of rotatable bonds is 9. The van der Waals surface area contributed by atoms with Crippen LogP contribution in [0, 0.1) is 0 Å². The second kappa shape index (κ2) is 11.3. The first-order chi connectivity index (χ1) is 15.5. The van der Waals surface area contributed by atoms with Gasteiger partial charge in [0, 0.05) is 37.0 Å². The molecule has 0 fully saturated rings. The summed E-state index contributed by atoms with van der Waals surface area (Å²) in [5, 5.41) is 6.71. The average Bonchev–Trinajstić information content (AvgIpc) is 2.79. The number of urea groups is 1. The molecule has 9 heteroatoms. The molecule has 1 aromatic heterocycles. The number of anilines is 3. The van der Waals surface area contributed by atoms with Gasteiger partial charge in [-0.15, -0.1) is 0 Å². The molecule has 0 bridgehead atoms. The molecule has 0 aliphatic carbocycles. The van der Waals surface area contributed by atoms with Gasteiger partial charge in [0.15, 0.2) is 0 Å². The number of methoxy groups -OCH3 is 2. The number of hydrogen-bond donors (Lipinski definition) is 2. The maximum atomic E-state index is 13.2. The van der Waals surface area contributed by atoms with Gasteiger partial charge in [0.2, 0.25) is 5.95 Å². The van der Waals surface area contributed by atoms with Gasteiger partial charge in [-0.3, -0.25) is 0 Å². The number of hydrogen-bond acceptors (Lipinski definition) is 6. The largest absolute Gasteiger partial charge is 0.497 e. The molecule has 1 unspecified atom stereocenters. The standard InChI is InChI=1S/C23H26ClN5O3/c1-16(15-31-2)27-22-25-12-11-21(28-22)29(19-7-9-20(32-3)10-8-19)23(30)26-14-17-5-4-6-18(24)13-17/h4-13,16H,14-15H2,1-3H3,(H,26,30)(H,25,27,28). The van der Waals surface area contributed by atoms with E-state index in [2.05, 4.69) is 20.6 Å². The number of nitrogens with one attached hydrogen (secondary N) is 2. The Morgan fingerprint density at radius 3 is 2.62 bits per heavy atom. The van der Waals surface area contributed by atoms with Gasteiger partial charge in [-0.05, 0) is 48.9 Å². The lowest BCUT2D eigenvalue weighted by Gasteiger charge is -2.23. The molecule has 32 heavy (non-hydrogen) atoms. The number of carbonyl (C=O) groups is 1. The molecular weight excluding hydrogens is 430 g/mol. The van der Waals surface area contributed by atoms with Crippen LogP contribution in [-0.4, -0.2) is 42.9 Å². The monoisotopic (exact) mass is 455 g/mol. The summed E-state index contributed by atoms with van der Waals surface area (Å²) in [6.07, 6.45) is 1.60. The topological polar surface area (TPSA) is 88.6 Å². The van der Waals surface area contributed by atoms with Crippen molar-refractivity contribution in [3.05, 3.63) is 71.4 Å². The number of carbonyl (C=O) groups excluding carboxylic acids is 1. The predicted molar refractivity (Wildman–Crippen MR) is 126 cm³/mol. The van der Waals surface area contributed by atoms with E-state index in [0.29, 0.717) is 41.4 Å². The number of halogens is 1. The lowest BCUT2D eigenvalue weighted by atomic mass is 10.2. The van der Waals surface area contributed by atoms with Crippen LogP contribution in [0.5, 0.6) is 5.75 Å². The van der Waals surface area contributed by atoms with Gasteiger partial charge in [-0.1, -0.05) is 23.7 Å². The molecule has 1 atom stereocenters. The van der Waals surface area contributed by atoms with Crippen molar-refractivity contribution in [1.82, 2.24) is 15.3 Å². The second-order valence-corrected chi connectivity index (χ2v) is 7.50. The van der Waals surface area contributed by atoms with Crippen LogP contribution in [0.4, 0.5) is 22.2 Å². The molecule has 2 N–H and O–H groups in total. The Hall–Kier alpha value is -3.36. The Balaban J connectivity index is 1.87. The Bertz CT molecular complexity index is 1030. The number of amides is 2. The molecule has 8 nitrogen and oxygen atoms in total. The lowest BCUT2D eigenvalue weighted by Crippen LogP contribution is -2.37. The van der Waals surface area contributed by atoms with Crippen LogP contribution < -0.4 is 20.3 Å². The highest BCUT2D eigenvalue weighted by Gasteiger charge is 2.20. The first-order valence-electron chi connectivity index (χ1n) is 10.0. The number of ether oxygens (including phenoxy) is 2. The van der Waals surface area contributed by atoms with Gasteiger partial charge in [-0.25, -0.2) is 14.7 Å². The van der Waals surface area contributed by atoms with E-state index in [1.54, 1.807) is 56.8 Å².